The summed E-state index contributed by atoms with van der Waals surface area (Å²) in [5.74, 6) is 0.842. The van der Waals surface area contributed by atoms with Crippen LogP contribution in [0.2, 0.25) is 0 Å². The monoisotopic (exact) mass is 262 g/mol. The minimum Gasteiger partial charge on any atom is -0.495 e. The van der Waals surface area contributed by atoms with Crippen LogP contribution in [0.3, 0.4) is 0 Å². The molecule has 0 spiro atoms. The smallest absolute Gasteiger partial charge is 0.171 e. The van der Waals surface area contributed by atoms with Gasteiger partial charge in [-0.15, -0.1) is 0 Å². The molecule has 0 aromatic carbocycles. The van der Waals surface area contributed by atoms with E-state index in [-0.39, 0.29) is 11.2 Å². The number of carbonyl (C=O) groups is 1. The van der Waals surface area contributed by atoms with Crippen molar-refractivity contribution in [3.8, 4) is 5.75 Å². The predicted molar refractivity (Wildman–Crippen MR) is 74.6 cm³/mol. The molecule has 1 fully saturated rings. The van der Waals surface area contributed by atoms with E-state index in [2.05, 4.69) is 17.2 Å². The minimum absolute atomic E-state index is 0.202. The highest BCUT2D eigenvalue weighted by molar-refractivity contribution is 6.00. The van der Waals surface area contributed by atoms with Gasteiger partial charge in [-0.1, -0.05) is 13.3 Å². The number of rotatable bonds is 5. The number of carbonyl (C=O) groups excluding carboxylic acids is 1. The molecule has 19 heavy (non-hydrogen) atoms. The molecule has 0 amide bonds. The lowest BCUT2D eigenvalue weighted by Gasteiger charge is -2.36. The molecule has 0 saturated carbocycles. The number of hydrogen-bond donors (Lipinski definition) is 1. The Morgan fingerprint density at radius 2 is 2.37 bits per heavy atom. The number of methoxy groups -OCH3 is 1. The zero-order valence-electron chi connectivity index (χ0n) is 11.7. The van der Waals surface area contributed by atoms with Gasteiger partial charge in [0.15, 0.2) is 5.78 Å². The highest BCUT2D eigenvalue weighted by Crippen LogP contribution is 2.35. The van der Waals surface area contributed by atoms with Crippen molar-refractivity contribution in [2.24, 2.45) is 5.41 Å². The summed E-state index contributed by atoms with van der Waals surface area (Å²) in [7, 11) is 1.59. The van der Waals surface area contributed by atoms with Gasteiger partial charge in [0.1, 0.15) is 5.75 Å². The van der Waals surface area contributed by atoms with Crippen LogP contribution in [-0.2, 0) is 0 Å². The first-order valence-corrected chi connectivity index (χ1v) is 6.96. The number of hydrogen-bond acceptors (Lipinski definition) is 4. The summed E-state index contributed by atoms with van der Waals surface area (Å²) in [6, 6.07) is 1.79. The van der Waals surface area contributed by atoms with Gasteiger partial charge in [-0.3, -0.25) is 9.78 Å². The average Bonchev–Trinajstić information content (AvgIpc) is 2.48. The fraction of sp³-hybridized carbons (Fsp3) is 0.600. The van der Waals surface area contributed by atoms with E-state index in [0.29, 0.717) is 11.3 Å². The van der Waals surface area contributed by atoms with Crippen molar-refractivity contribution in [3.63, 3.8) is 0 Å². The van der Waals surface area contributed by atoms with Crippen molar-refractivity contribution in [2.45, 2.75) is 32.6 Å². The van der Waals surface area contributed by atoms with Crippen molar-refractivity contribution in [3.05, 3.63) is 24.0 Å². The number of nitrogens with zero attached hydrogens (tertiary/aromatic N) is 1. The first kappa shape index (κ1) is 14.0. The highest BCUT2D eigenvalue weighted by Gasteiger charge is 2.39. The number of piperidine rings is 1. The summed E-state index contributed by atoms with van der Waals surface area (Å²) >= 11 is 0. The Bertz CT molecular complexity index is 434. The Morgan fingerprint density at radius 1 is 1.53 bits per heavy atom. The molecule has 1 aromatic heterocycles. The standard InChI is InChI=1S/C15H22N2O2/c1-3-5-15(6-4-7-16-11-15)14(18)12-8-13(19-2)10-17-9-12/h8-10,16H,3-7,11H2,1-2H3. The molecule has 1 atom stereocenters. The van der Waals surface area contributed by atoms with Gasteiger partial charge in [-0.25, -0.2) is 0 Å². The van der Waals surface area contributed by atoms with Gasteiger partial charge in [-0.05, 0) is 31.9 Å². The van der Waals surface area contributed by atoms with E-state index >= 15 is 0 Å². The lowest BCUT2D eigenvalue weighted by Crippen LogP contribution is -2.45. The topological polar surface area (TPSA) is 51.2 Å². The number of ether oxygens (including phenoxy) is 1. The molecule has 1 aliphatic rings. The Balaban J connectivity index is 2.27. The number of ketones is 1. The molecule has 0 aliphatic carbocycles. The Hall–Kier alpha value is -1.42. The molecule has 1 N–H and O–H groups in total. The van der Waals surface area contributed by atoms with Gasteiger partial charge >= 0.3 is 0 Å². The highest BCUT2D eigenvalue weighted by atomic mass is 16.5. The van der Waals surface area contributed by atoms with Crippen LogP contribution in [0.1, 0.15) is 43.0 Å². The zero-order valence-corrected chi connectivity index (χ0v) is 11.7. The van der Waals surface area contributed by atoms with Crippen molar-refractivity contribution in [1.82, 2.24) is 10.3 Å². The zero-order chi connectivity index (χ0) is 13.7. The van der Waals surface area contributed by atoms with Crippen LogP contribution in [0.4, 0.5) is 0 Å². The molecular weight excluding hydrogens is 240 g/mol. The summed E-state index contributed by atoms with van der Waals surface area (Å²) in [5, 5.41) is 3.37. The quantitative estimate of drug-likeness (QED) is 0.828. The van der Waals surface area contributed by atoms with E-state index in [0.717, 1.165) is 38.8 Å². The van der Waals surface area contributed by atoms with Gasteiger partial charge < -0.3 is 10.1 Å². The second-order valence-corrected chi connectivity index (χ2v) is 5.25. The fourth-order valence-electron chi connectivity index (χ4n) is 2.93. The molecule has 1 unspecified atom stereocenters. The van der Waals surface area contributed by atoms with Crippen molar-refractivity contribution in [1.29, 1.82) is 0 Å². The maximum atomic E-state index is 12.8. The van der Waals surface area contributed by atoms with Gasteiger partial charge in [0.25, 0.3) is 0 Å². The number of aromatic nitrogens is 1. The number of Topliss-reactive ketones (excluding diaryl/α,β-unsaturated/α-hetero) is 1. The maximum absolute atomic E-state index is 12.8. The lowest BCUT2D eigenvalue weighted by molar-refractivity contribution is 0.0717. The normalized spacial score (nSPS) is 23.1. The third-order valence-electron chi connectivity index (χ3n) is 3.89. The van der Waals surface area contributed by atoms with Crippen LogP contribution >= 0.6 is 0 Å². The van der Waals surface area contributed by atoms with Crippen LogP contribution < -0.4 is 10.1 Å². The van der Waals surface area contributed by atoms with E-state index in [9.17, 15) is 4.79 Å². The largest absolute Gasteiger partial charge is 0.495 e. The van der Waals surface area contributed by atoms with Crippen LogP contribution in [0.25, 0.3) is 0 Å². The lowest BCUT2D eigenvalue weighted by atomic mass is 9.72. The summed E-state index contributed by atoms with van der Waals surface area (Å²) in [5.41, 5.74) is 0.401. The van der Waals surface area contributed by atoms with Gasteiger partial charge in [0, 0.05) is 23.7 Å². The second kappa shape index (κ2) is 6.15. The number of pyridine rings is 1. The van der Waals surface area contributed by atoms with Crippen LogP contribution in [0.5, 0.6) is 5.75 Å². The Morgan fingerprint density at radius 3 is 3.00 bits per heavy atom. The van der Waals surface area contributed by atoms with E-state index in [1.807, 2.05) is 0 Å². The summed E-state index contributed by atoms with van der Waals surface area (Å²) in [4.78, 5) is 16.9. The summed E-state index contributed by atoms with van der Waals surface area (Å²) in [6.45, 7) is 3.92. The van der Waals surface area contributed by atoms with Crippen molar-refractivity contribution >= 4 is 5.78 Å². The molecule has 2 rings (SSSR count). The molecular formula is C15H22N2O2. The second-order valence-electron chi connectivity index (χ2n) is 5.25. The summed E-state index contributed by atoms with van der Waals surface area (Å²) < 4.78 is 5.15. The maximum Gasteiger partial charge on any atom is 0.171 e. The number of nitrogens with one attached hydrogen (secondary N) is 1. The molecule has 4 nitrogen and oxygen atoms in total. The van der Waals surface area contributed by atoms with E-state index < -0.39 is 0 Å². The van der Waals surface area contributed by atoms with E-state index in [1.165, 1.54) is 0 Å². The molecule has 2 heterocycles. The molecule has 1 aromatic rings. The first-order valence-electron chi connectivity index (χ1n) is 6.96. The molecule has 1 saturated heterocycles. The first-order chi connectivity index (χ1) is 9.22. The molecule has 104 valence electrons. The SMILES string of the molecule is CCCC1(C(=O)c2cncc(OC)c2)CCCNC1. The Kier molecular flexibility index (Phi) is 4.53. The third-order valence-corrected chi connectivity index (χ3v) is 3.89. The van der Waals surface area contributed by atoms with E-state index in [1.54, 1.807) is 25.6 Å². The van der Waals surface area contributed by atoms with E-state index in [4.69, 9.17) is 4.74 Å². The summed E-state index contributed by atoms with van der Waals surface area (Å²) in [6.07, 6.45) is 7.24. The molecule has 0 bridgehead atoms. The van der Waals surface area contributed by atoms with Gasteiger partial charge in [0.05, 0.1) is 13.3 Å². The van der Waals surface area contributed by atoms with Crippen molar-refractivity contribution in [2.75, 3.05) is 20.2 Å². The van der Waals surface area contributed by atoms with Gasteiger partial charge in [-0.2, -0.15) is 0 Å². The molecule has 1 aliphatic heterocycles. The fourth-order valence-corrected chi connectivity index (χ4v) is 2.93. The van der Waals surface area contributed by atoms with Crippen LogP contribution in [0, 0.1) is 5.41 Å². The third kappa shape index (κ3) is 2.95. The average molecular weight is 262 g/mol. The minimum atomic E-state index is -0.263. The van der Waals surface area contributed by atoms with Gasteiger partial charge in [0.2, 0.25) is 0 Å². The molecule has 0 radical (unpaired) electrons. The van der Waals surface area contributed by atoms with Crippen LogP contribution in [0.15, 0.2) is 18.5 Å². The Labute approximate surface area is 114 Å². The molecule has 4 heteroatoms. The predicted octanol–water partition coefficient (Wildman–Crippen LogP) is 2.44. The van der Waals surface area contributed by atoms with Crippen LogP contribution in [-0.4, -0.2) is 31.0 Å². The van der Waals surface area contributed by atoms with Crippen molar-refractivity contribution < 1.29 is 9.53 Å².